The van der Waals surface area contributed by atoms with Crippen molar-refractivity contribution in [2.75, 3.05) is 6.54 Å². The number of nitrogens with zero attached hydrogens (tertiary/aromatic N) is 2. The lowest BCUT2D eigenvalue weighted by atomic mass is 10.2. The van der Waals surface area contributed by atoms with Crippen LogP contribution in [0.25, 0.3) is 0 Å². The van der Waals surface area contributed by atoms with Crippen molar-refractivity contribution in [3.63, 3.8) is 0 Å². The summed E-state index contributed by atoms with van der Waals surface area (Å²) in [6.07, 6.45) is 2.29. The van der Waals surface area contributed by atoms with Crippen LogP contribution in [0.1, 0.15) is 6.42 Å². The van der Waals surface area contributed by atoms with E-state index in [-0.39, 0.29) is 5.71 Å². The van der Waals surface area contributed by atoms with Crippen LogP contribution in [0.2, 0.25) is 0 Å². The quantitative estimate of drug-likeness (QED) is 0.623. The average molecular weight is 217 g/mol. The predicted molar refractivity (Wildman–Crippen MR) is 44.7 cm³/mol. The topological polar surface area (TPSA) is 58.9 Å². The number of hydrogen-bond acceptors (Lipinski definition) is 3. The van der Waals surface area contributed by atoms with Crippen LogP contribution in [0.3, 0.4) is 0 Å². The average Bonchev–Trinajstić information content (AvgIpc) is 2.03. The van der Waals surface area contributed by atoms with Crippen LogP contribution in [0, 0.1) is 4.91 Å². The van der Waals surface area contributed by atoms with Gasteiger partial charge in [0.05, 0.1) is 0 Å². The van der Waals surface area contributed by atoms with Crippen LogP contribution in [0.5, 0.6) is 0 Å². The number of nitroso groups, excluding NO2 is 1. The molecule has 1 amide bonds. The molecular weight excluding hydrogens is 212 g/mol. The number of amides is 1. The fourth-order valence-corrected chi connectivity index (χ4v) is 1.12. The summed E-state index contributed by atoms with van der Waals surface area (Å²) in [5, 5.41) is 2.26. The fraction of sp³-hybridized carbons (Fsp3) is 0.333. The Morgan fingerprint density at radius 2 is 2.45 bits per heavy atom. The summed E-state index contributed by atoms with van der Waals surface area (Å²) in [5.74, 6) is -0.804. The SMILES string of the molecule is O=NC(=O)C1=NCCC(Br)=C1. The highest BCUT2D eigenvalue weighted by molar-refractivity contribution is 9.11. The first-order chi connectivity index (χ1) is 5.24. The van der Waals surface area contributed by atoms with Crippen LogP contribution in [-0.4, -0.2) is 18.2 Å². The molecule has 0 bridgehead atoms. The summed E-state index contributed by atoms with van der Waals surface area (Å²) in [7, 11) is 0. The molecule has 11 heavy (non-hydrogen) atoms. The molecule has 0 aromatic carbocycles. The molecular formula is C6H5BrN2O2. The van der Waals surface area contributed by atoms with Crippen molar-refractivity contribution in [2.45, 2.75) is 6.42 Å². The Morgan fingerprint density at radius 1 is 1.73 bits per heavy atom. The molecule has 5 heteroatoms. The standard InChI is InChI=1S/C6H5BrN2O2/c7-4-1-2-8-5(3-4)6(10)9-11/h3H,1-2H2. The van der Waals surface area contributed by atoms with E-state index in [1.165, 1.54) is 6.08 Å². The third kappa shape index (κ3) is 2.04. The number of carbonyl (C=O) groups excluding carboxylic acids is 1. The predicted octanol–water partition coefficient (Wildman–Crippen LogP) is 1.40. The Morgan fingerprint density at radius 3 is 3.00 bits per heavy atom. The fourth-order valence-electron chi connectivity index (χ4n) is 0.725. The summed E-state index contributed by atoms with van der Waals surface area (Å²) in [5.41, 5.74) is 0.137. The molecule has 0 aliphatic carbocycles. The van der Waals surface area contributed by atoms with Gasteiger partial charge >= 0.3 is 5.91 Å². The minimum absolute atomic E-state index is 0.137. The highest BCUT2D eigenvalue weighted by atomic mass is 79.9. The summed E-state index contributed by atoms with van der Waals surface area (Å²) in [4.78, 5) is 24.2. The van der Waals surface area contributed by atoms with Crippen molar-refractivity contribution in [3.05, 3.63) is 15.5 Å². The Labute approximate surface area is 71.5 Å². The van der Waals surface area contributed by atoms with Gasteiger partial charge in [0.1, 0.15) is 5.71 Å². The lowest BCUT2D eigenvalue weighted by Gasteiger charge is -2.03. The summed E-state index contributed by atoms with van der Waals surface area (Å²) in [6, 6.07) is 0. The third-order valence-electron chi connectivity index (χ3n) is 1.23. The second kappa shape index (κ2) is 3.52. The monoisotopic (exact) mass is 216 g/mol. The molecule has 0 unspecified atom stereocenters. The number of aliphatic imine (C=N–C) groups is 1. The van der Waals surface area contributed by atoms with E-state index in [9.17, 15) is 9.70 Å². The second-order valence-electron chi connectivity index (χ2n) is 2.00. The molecule has 0 radical (unpaired) electrons. The zero-order valence-corrected chi connectivity index (χ0v) is 7.17. The van der Waals surface area contributed by atoms with Gasteiger partial charge in [-0.2, -0.15) is 0 Å². The van der Waals surface area contributed by atoms with Crippen molar-refractivity contribution < 1.29 is 4.79 Å². The Bertz CT molecular complexity index is 257. The molecule has 4 nitrogen and oxygen atoms in total. The van der Waals surface area contributed by atoms with E-state index >= 15 is 0 Å². The molecule has 0 saturated carbocycles. The van der Waals surface area contributed by atoms with E-state index in [0.29, 0.717) is 6.54 Å². The van der Waals surface area contributed by atoms with Gasteiger partial charge in [-0.25, -0.2) is 0 Å². The van der Waals surface area contributed by atoms with Gasteiger partial charge < -0.3 is 0 Å². The van der Waals surface area contributed by atoms with Crippen molar-refractivity contribution >= 4 is 27.5 Å². The smallest absolute Gasteiger partial charge is 0.279 e. The Balaban J connectivity index is 2.81. The maximum atomic E-state index is 10.6. The molecule has 1 aliphatic heterocycles. The first-order valence-corrected chi connectivity index (χ1v) is 3.81. The van der Waals surface area contributed by atoms with Gasteiger partial charge in [0.2, 0.25) is 0 Å². The molecule has 0 spiro atoms. The van der Waals surface area contributed by atoms with Crippen LogP contribution >= 0.6 is 15.9 Å². The molecule has 58 valence electrons. The molecule has 1 rings (SSSR count). The van der Waals surface area contributed by atoms with E-state index in [1.54, 1.807) is 0 Å². The van der Waals surface area contributed by atoms with Gasteiger partial charge in [0.25, 0.3) is 0 Å². The van der Waals surface area contributed by atoms with Gasteiger partial charge in [-0.15, -0.1) is 4.91 Å². The van der Waals surface area contributed by atoms with Gasteiger partial charge in [-0.3, -0.25) is 9.79 Å². The van der Waals surface area contributed by atoms with Crippen molar-refractivity contribution in [2.24, 2.45) is 10.2 Å². The van der Waals surface area contributed by atoms with Crippen LogP contribution in [-0.2, 0) is 4.79 Å². The molecule has 1 aliphatic rings. The van der Waals surface area contributed by atoms with Gasteiger partial charge in [-0.05, 0) is 17.0 Å². The molecule has 1 heterocycles. The molecule has 0 fully saturated rings. The Kier molecular flexibility index (Phi) is 2.64. The van der Waals surface area contributed by atoms with Gasteiger partial charge in [0, 0.05) is 11.7 Å². The van der Waals surface area contributed by atoms with Gasteiger partial charge in [0.15, 0.2) is 0 Å². The summed E-state index contributed by atoms with van der Waals surface area (Å²) >= 11 is 3.21. The maximum absolute atomic E-state index is 10.6. The highest BCUT2D eigenvalue weighted by Gasteiger charge is 2.12. The molecule has 0 atom stereocenters. The van der Waals surface area contributed by atoms with Crippen LogP contribution in [0.15, 0.2) is 20.7 Å². The number of carbonyl (C=O) groups is 1. The lowest BCUT2D eigenvalue weighted by molar-refractivity contribution is -0.111. The minimum Gasteiger partial charge on any atom is -0.279 e. The minimum atomic E-state index is -0.804. The zero-order chi connectivity index (χ0) is 8.27. The number of hydrogen-bond donors (Lipinski definition) is 0. The lowest BCUT2D eigenvalue weighted by Crippen LogP contribution is -2.12. The van der Waals surface area contributed by atoms with Crippen LogP contribution < -0.4 is 0 Å². The Hall–Kier alpha value is -0.840. The first kappa shape index (κ1) is 8.26. The number of dihydropyridines is 1. The highest BCUT2D eigenvalue weighted by Crippen LogP contribution is 2.14. The van der Waals surface area contributed by atoms with Crippen molar-refractivity contribution in [1.29, 1.82) is 0 Å². The van der Waals surface area contributed by atoms with E-state index in [1.807, 2.05) is 0 Å². The van der Waals surface area contributed by atoms with Crippen molar-refractivity contribution in [3.8, 4) is 0 Å². The summed E-state index contributed by atoms with van der Waals surface area (Å²) < 4.78 is 0.875. The van der Waals surface area contributed by atoms with E-state index in [2.05, 4.69) is 26.1 Å². The van der Waals surface area contributed by atoms with Crippen LogP contribution in [0.4, 0.5) is 0 Å². The molecule has 0 saturated heterocycles. The normalized spacial score (nSPS) is 16.8. The van der Waals surface area contributed by atoms with Gasteiger partial charge in [-0.1, -0.05) is 15.9 Å². The zero-order valence-electron chi connectivity index (χ0n) is 5.58. The van der Waals surface area contributed by atoms with Crippen molar-refractivity contribution in [1.82, 2.24) is 0 Å². The first-order valence-electron chi connectivity index (χ1n) is 3.02. The third-order valence-corrected chi connectivity index (χ3v) is 1.85. The number of rotatable bonds is 1. The second-order valence-corrected chi connectivity index (χ2v) is 3.02. The maximum Gasteiger partial charge on any atom is 0.334 e. The van der Waals surface area contributed by atoms with E-state index in [4.69, 9.17) is 0 Å². The van der Waals surface area contributed by atoms with E-state index < -0.39 is 5.91 Å². The number of halogens is 1. The molecule has 0 aromatic rings. The molecule has 0 aromatic heterocycles. The molecule has 0 N–H and O–H groups in total. The summed E-state index contributed by atoms with van der Waals surface area (Å²) in [6.45, 7) is 0.535. The largest absolute Gasteiger partial charge is 0.334 e. The van der Waals surface area contributed by atoms with E-state index in [0.717, 1.165) is 10.9 Å².